The summed E-state index contributed by atoms with van der Waals surface area (Å²) in [6.45, 7) is 0. The van der Waals surface area contributed by atoms with Crippen LogP contribution in [0.3, 0.4) is 0 Å². The van der Waals surface area contributed by atoms with Gasteiger partial charge in [0.1, 0.15) is 34.6 Å². The first-order chi connectivity index (χ1) is 35.7. The first-order valence-corrected chi connectivity index (χ1v) is 25.4. The van der Waals surface area contributed by atoms with Gasteiger partial charge in [0.2, 0.25) is 0 Å². The lowest BCUT2D eigenvalue weighted by atomic mass is 9.82. The van der Waals surface area contributed by atoms with Gasteiger partial charge in [-0.2, -0.15) is 0 Å². The third-order valence-electron chi connectivity index (χ3n) is 16.3. The number of aryl methyl sites for hydroxylation is 2. The van der Waals surface area contributed by atoms with Crippen LogP contribution in [0.1, 0.15) is 76.4 Å². The number of hydrogen-bond donors (Lipinski definition) is 3. The van der Waals surface area contributed by atoms with Crippen molar-refractivity contribution in [3.05, 3.63) is 199 Å². The summed E-state index contributed by atoms with van der Waals surface area (Å²) in [5.41, 5.74) is 10.8. The number of nitrogens with zero attached hydrogens (tertiary/aromatic N) is 5. The maximum absolute atomic E-state index is 5.89. The minimum absolute atomic E-state index is 0.495. The van der Waals surface area contributed by atoms with Crippen LogP contribution in [0, 0.1) is 0 Å². The van der Waals surface area contributed by atoms with Gasteiger partial charge in [-0.05, 0) is 125 Å². The number of aromatic amines is 2. The van der Waals surface area contributed by atoms with Gasteiger partial charge in [-0.15, -0.1) is 0 Å². The van der Waals surface area contributed by atoms with Crippen molar-refractivity contribution >= 4 is 129 Å². The van der Waals surface area contributed by atoms with Crippen LogP contribution in [0.15, 0.2) is 158 Å². The van der Waals surface area contributed by atoms with Crippen molar-refractivity contribution in [2.75, 3.05) is 0 Å². The zero-order valence-corrected chi connectivity index (χ0v) is 39.1. The molecule has 3 N–H and O–H groups in total. The van der Waals surface area contributed by atoms with Gasteiger partial charge in [-0.25, -0.2) is 25.0 Å². The highest BCUT2D eigenvalue weighted by Crippen LogP contribution is 2.48. The van der Waals surface area contributed by atoms with Crippen LogP contribution in [0.4, 0.5) is 11.6 Å². The SMILES string of the molecule is C1=Cc2c3c(c4c5[nH]c(c4c2CC1)N=C1N=C(N=c2[nH]c(c4c6c(c7ccccc7c24)=CCCC=6)=NC2NC(=N5)c4c2c2ccccc2c2ccccc42)c2c1c1ccccc1c1ccccc21)CCC=C3. The summed E-state index contributed by atoms with van der Waals surface area (Å²) in [6, 6.07) is 43.8. The Hall–Kier alpha value is -9.01. The van der Waals surface area contributed by atoms with Crippen molar-refractivity contribution in [2.24, 2.45) is 25.0 Å². The quantitative estimate of drug-likeness (QED) is 0.130. The maximum atomic E-state index is 5.89. The number of nitrogens with one attached hydrogen (secondary N) is 3. The predicted molar refractivity (Wildman–Crippen MR) is 296 cm³/mol. The van der Waals surface area contributed by atoms with E-state index in [1.165, 1.54) is 48.8 Å². The molecule has 3 aliphatic heterocycles. The van der Waals surface area contributed by atoms with Crippen molar-refractivity contribution in [1.82, 2.24) is 15.3 Å². The molecule has 17 rings (SSSR count). The van der Waals surface area contributed by atoms with Crippen LogP contribution in [-0.2, 0) is 12.8 Å². The third kappa shape index (κ3) is 5.12. The van der Waals surface area contributed by atoms with Gasteiger partial charge in [0.25, 0.3) is 0 Å². The largest absolute Gasteiger partial charge is 0.344 e. The van der Waals surface area contributed by atoms with Crippen LogP contribution in [0.2, 0.25) is 0 Å². The number of amidine groups is 3. The summed E-state index contributed by atoms with van der Waals surface area (Å²) in [7, 11) is 0. The first kappa shape index (κ1) is 38.8. The summed E-state index contributed by atoms with van der Waals surface area (Å²) in [5.74, 6) is 3.59. The van der Waals surface area contributed by atoms with Crippen LogP contribution in [-0.4, -0.2) is 27.5 Å². The van der Waals surface area contributed by atoms with Gasteiger partial charge in [-0.1, -0.05) is 158 Å². The lowest BCUT2D eigenvalue weighted by Gasteiger charge is -2.22. The topological polar surface area (TPSA) is 105 Å². The van der Waals surface area contributed by atoms with Gasteiger partial charge >= 0.3 is 0 Å². The van der Waals surface area contributed by atoms with Crippen molar-refractivity contribution in [3.8, 4) is 0 Å². The van der Waals surface area contributed by atoms with Crippen LogP contribution in [0.5, 0.6) is 0 Å². The zero-order chi connectivity index (χ0) is 46.8. The van der Waals surface area contributed by atoms with Gasteiger partial charge in [0, 0.05) is 43.8 Å². The number of fused-ring (bicyclic) bond motifs is 39. The van der Waals surface area contributed by atoms with Gasteiger partial charge < -0.3 is 15.3 Å². The van der Waals surface area contributed by atoms with E-state index in [0.29, 0.717) is 11.7 Å². The Morgan fingerprint density at radius 3 is 1.56 bits per heavy atom. The molecule has 0 radical (unpaired) electrons. The number of H-pyrrole nitrogens is 2. The second kappa shape index (κ2) is 14.3. The summed E-state index contributed by atoms with van der Waals surface area (Å²) < 4.78 is 0. The molecule has 338 valence electrons. The Balaban J connectivity index is 1.10. The molecule has 0 amide bonds. The third-order valence-corrected chi connectivity index (χ3v) is 16.3. The van der Waals surface area contributed by atoms with Crippen LogP contribution < -0.4 is 26.7 Å². The van der Waals surface area contributed by atoms with Crippen LogP contribution in [0.25, 0.3) is 99.7 Å². The highest BCUT2D eigenvalue weighted by Gasteiger charge is 2.35. The second-order valence-corrected chi connectivity index (χ2v) is 20.0. The number of hydrogen-bond acceptors (Lipinski definition) is 6. The van der Waals surface area contributed by atoms with E-state index in [2.05, 4.69) is 173 Å². The Bertz CT molecular complexity index is 4840. The van der Waals surface area contributed by atoms with E-state index in [9.17, 15) is 0 Å². The van der Waals surface area contributed by atoms with Crippen molar-refractivity contribution < 1.29 is 0 Å². The predicted octanol–water partition coefficient (Wildman–Crippen LogP) is 12.2. The standard InChI is InChI=1S/C64H42N8/c1-9-25-41-33(17-1)34-18-2-10-26-42(34)50-49(41)57-65-58(50)70-60-53-45-29-13-5-21-37(45)38-22-6-14-30-46(38)54(53)62(67-60)72-64-56-48-32-16-8-24-40(48)39-23-7-15-31-47(39)55(56)63(68-64)71-61-52-44-28-12-4-20-36(44)35-19-3-11-27-43(35)51(52)59(66-61)69-57/h1-7,11-15,17-24,27-32,62,65H,8-10,16,25-26H2,(H,67,70)(H,66,68,69,71,72). The molecule has 5 heterocycles. The minimum atomic E-state index is -0.495. The molecule has 72 heavy (non-hydrogen) atoms. The number of aromatic nitrogens is 2. The zero-order valence-electron chi connectivity index (χ0n) is 39.1. The molecule has 8 heteroatoms. The summed E-state index contributed by atoms with van der Waals surface area (Å²) in [6.07, 6.45) is 19.3. The maximum Gasteiger partial charge on any atom is 0.165 e. The Labute approximate surface area is 411 Å². The van der Waals surface area contributed by atoms with Crippen molar-refractivity contribution in [2.45, 2.75) is 44.7 Å². The first-order valence-electron chi connectivity index (χ1n) is 25.4. The number of aliphatic imine (C=N–C) groups is 3. The molecule has 3 aliphatic carbocycles. The smallest absolute Gasteiger partial charge is 0.165 e. The molecule has 2 aromatic heterocycles. The van der Waals surface area contributed by atoms with Gasteiger partial charge in [-0.3, -0.25) is 0 Å². The Morgan fingerprint density at radius 2 is 0.917 bits per heavy atom. The fourth-order valence-electron chi connectivity index (χ4n) is 13.5. The molecule has 8 nitrogen and oxygen atoms in total. The summed E-state index contributed by atoms with van der Waals surface area (Å²) in [5, 5.41) is 22.3. The van der Waals surface area contributed by atoms with Gasteiger partial charge in [0.05, 0.1) is 0 Å². The molecule has 1 atom stereocenters. The number of rotatable bonds is 0. The summed E-state index contributed by atoms with van der Waals surface area (Å²) in [4.78, 5) is 36.8. The summed E-state index contributed by atoms with van der Waals surface area (Å²) >= 11 is 0. The van der Waals surface area contributed by atoms with E-state index in [1.807, 2.05) is 0 Å². The lowest BCUT2D eigenvalue weighted by molar-refractivity contribution is 0.689. The molecular formula is C64H42N8. The average Bonchev–Trinajstić information content (AvgIpc) is 4.20. The normalized spacial score (nSPS) is 17.1. The molecule has 6 aliphatic rings. The number of allylic oxidation sites excluding steroid dienone is 2. The fraction of sp³-hybridized carbons (Fsp3) is 0.109. The highest BCUT2D eigenvalue weighted by atomic mass is 15.2. The molecule has 11 aromatic rings. The van der Waals surface area contributed by atoms with Gasteiger partial charge in [0.15, 0.2) is 11.7 Å². The average molecular weight is 923 g/mol. The van der Waals surface area contributed by atoms with Crippen LogP contribution >= 0.6 is 0 Å². The fourth-order valence-corrected chi connectivity index (χ4v) is 13.5. The molecular weight excluding hydrogens is 881 g/mol. The molecule has 0 saturated heterocycles. The van der Waals surface area contributed by atoms with Crippen molar-refractivity contribution in [3.63, 3.8) is 0 Å². The minimum Gasteiger partial charge on any atom is -0.344 e. The van der Waals surface area contributed by atoms with E-state index < -0.39 is 6.17 Å². The van der Waals surface area contributed by atoms with E-state index in [-0.39, 0.29) is 0 Å². The molecule has 0 saturated carbocycles. The monoisotopic (exact) mass is 922 g/mol. The number of benzene rings is 9. The van der Waals surface area contributed by atoms with E-state index in [0.717, 1.165) is 148 Å². The molecule has 0 spiro atoms. The molecule has 0 fully saturated rings. The second-order valence-electron chi connectivity index (χ2n) is 20.0. The molecule has 1 unspecified atom stereocenters. The highest BCUT2D eigenvalue weighted by molar-refractivity contribution is 6.35. The lowest BCUT2D eigenvalue weighted by Crippen LogP contribution is -2.31. The van der Waals surface area contributed by atoms with E-state index in [1.54, 1.807) is 0 Å². The Morgan fingerprint density at radius 1 is 0.403 bits per heavy atom. The van der Waals surface area contributed by atoms with Crippen molar-refractivity contribution in [1.29, 1.82) is 0 Å². The Kier molecular flexibility index (Phi) is 7.70. The van der Waals surface area contributed by atoms with E-state index >= 15 is 0 Å². The van der Waals surface area contributed by atoms with E-state index in [4.69, 9.17) is 25.0 Å². The molecule has 9 aromatic carbocycles. The molecule has 8 bridgehead atoms.